The van der Waals surface area contributed by atoms with Gasteiger partial charge in [-0.15, -0.1) is 0 Å². The molecule has 0 spiro atoms. The molecule has 1 saturated carbocycles. The van der Waals surface area contributed by atoms with Crippen molar-refractivity contribution >= 4 is 33.6 Å². The highest BCUT2D eigenvalue weighted by Gasteiger charge is 2.52. The number of esters is 1. The molecule has 2 N–H and O–H groups in total. The van der Waals surface area contributed by atoms with Gasteiger partial charge in [-0.05, 0) is 43.5 Å². The fourth-order valence-corrected chi connectivity index (χ4v) is 2.31. The zero-order chi connectivity index (χ0) is 14.0. The Bertz CT molecular complexity index is 527. The summed E-state index contributed by atoms with van der Waals surface area (Å²) in [4.78, 5) is 23.4. The van der Waals surface area contributed by atoms with E-state index >= 15 is 0 Å². The van der Waals surface area contributed by atoms with E-state index in [0.29, 0.717) is 18.5 Å². The van der Waals surface area contributed by atoms with Crippen molar-refractivity contribution in [2.45, 2.75) is 25.3 Å². The molecule has 2 rings (SSSR count). The number of anilines is 1. The van der Waals surface area contributed by atoms with Crippen LogP contribution >= 0.6 is 15.9 Å². The molecule has 5 nitrogen and oxygen atoms in total. The van der Waals surface area contributed by atoms with Crippen molar-refractivity contribution in [3.05, 3.63) is 28.2 Å². The number of ether oxygens (including phenoxy) is 1. The summed E-state index contributed by atoms with van der Waals surface area (Å²) in [6.07, 6.45) is 1.23. The van der Waals surface area contributed by atoms with Gasteiger partial charge in [0.2, 0.25) is 0 Å². The summed E-state index contributed by atoms with van der Waals surface area (Å²) < 4.78 is 5.63. The maximum atomic E-state index is 11.9. The minimum absolute atomic E-state index is 0.393. The molecule has 19 heavy (non-hydrogen) atoms. The summed E-state index contributed by atoms with van der Waals surface area (Å²) in [5.74, 6) is -0.393. The number of nitrogens with one attached hydrogen (secondary N) is 2. The van der Waals surface area contributed by atoms with Crippen LogP contribution in [0, 0.1) is 6.92 Å². The molecule has 0 aliphatic heterocycles. The fourth-order valence-electron chi connectivity index (χ4n) is 1.84. The molecule has 0 heterocycles. The number of aryl methyl sites for hydroxylation is 1. The molecule has 0 radical (unpaired) electrons. The zero-order valence-electron chi connectivity index (χ0n) is 10.7. The van der Waals surface area contributed by atoms with Gasteiger partial charge < -0.3 is 15.4 Å². The second-order valence-electron chi connectivity index (χ2n) is 4.61. The largest absolute Gasteiger partial charge is 0.467 e. The Morgan fingerprint density at radius 3 is 2.58 bits per heavy atom. The van der Waals surface area contributed by atoms with Crippen molar-refractivity contribution in [1.29, 1.82) is 0 Å². The van der Waals surface area contributed by atoms with Crippen LogP contribution in [0.1, 0.15) is 18.4 Å². The molecule has 1 aromatic carbocycles. The first kappa shape index (κ1) is 13.9. The van der Waals surface area contributed by atoms with Crippen LogP contribution in [0.4, 0.5) is 10.5 Å². The zero-order valence-corrected chi connectivity index (χ0v) is 12.3. The third-order valence-corrected chi connectivity index (χ3v) is 3.61. The molecule has 0 atom stereocenters. The number of urea groups is 1. The van der Waals surface area contributed by atoms with Crippen molar-refractivity contribution in [2.75, 3.05) is 12.4 Å². The summed E-state index contributed by atoms with van der Waals surface area (Å²) >= 11 is 3.36. The minimum Gasteiger partial charge on any atom is -0.467 e. The van der Waals surface area contributed by atoms with Crippen LogP contribution in [-0.4, -0.2) is 24.6 Å². The van der Waals surface area contributed by atoms with Gasteiger partial charge >= 0.3 is 12.0 Å². The molecule has 0 bridgehead atoms. The predicted molar refractivity (Wildman–Crippen MR) is 75.0 cm³/mol. The van der Waals surface area contributed by atoms with Crippen LogP contribution in [0.2, 0.25) is 0 Å². The quantitative estimate of drug-likeness (QED) is 0.839. The first-order chi connectivity index (χ1) is 8.97. The molecule has 1 aromatic rings. The lowest BCUT2D eigenvalue weighted by molar-refractivity contribution is -0.144. The number of carbonyl (C=O) groups excluding carboxylic acids is 2. The number of halogens is 1. The summed E-state index contributed by atoms with van der Waals surface area (Å²) in [5, 5.41) is 5.41. The number of amides is 2. The van der Waals surface area contributed by atoms with E-state index < -0.39 is 17.5 Å². The summed E-state index contributed by atoms with van der Waals surface area (Å²) in [5.41, 5.74) is 0.816. The van der Waals surface area contributed by atoms with E-state index in [1.54, 1.807) is 6.07 Å². The highest BCUT2D eigenvalue weighted by molar-refractivity contribution is 9.10. The van der Waals surface area contributed by atoms with E-state index in [0.717, 1.165) is 10.0 Å². The first-order valence-electron chi connectivity index (χ1n) is 5.90. The van der Waals surface area contributed by atoms with E-state index in [9.17, 15) is 9.59 Å². The number of benzene rings is 1. The maximum Gasteiger partial charge on any atom is 0.331 e. The molecular formula is C13H15BrN2O3. The Hall–Kier alpha value is -1.56. The second kappa shape index (κ2) is 5.21. The Labute approximate surface area is 119 Å². The first-order valence-corrected chi connectivity index (χ1v) is 6.70. The number of hydrogen-bond acceptors (Lipinski definition) is 3. The van der Waals surface area contributed by atoms with Gasteiger partial charge in [-0.2, -0.15) is 0 Å². The highest BCUT2D eigenvalue weighted by Crippen LogP contribution is 2.36. The average Bonchev–Trinajstić information content (AvgIpc) is 3.12. The maximum absolute atomic E-state index is 11.9. The Kier molecular flexibility index (Phi) is 3.80. The lowest BCUT2D eigenvalue weighted by Gasteiger charge is -2.16. The molecule has 0 saturated heterocycles. The van der Waals surface area contributed by atoms with Crippen LogP contribution in [-0.2, 0) is 9.53 Å². The number of hydrogen-bond donors (Lipinski definition) is 2. The van der Waals surface area contributed by atoms with E-state index in [2.05, 4.69) is 31.3 Å². The van der Waals surface area contributed by atoms with Gasteiger partial charge in [0, 0.05) is 10.2 Å². The number of carbonyl (C=O) groups is 2. The molecule has 1 fully saturated rings. The third kappa shape index (κ3) is 3.07. The smallest absolute Gasteiger partial charge is 0.331 e. The van der Waals surface area contributed by atoms with Gasteiger partial charge in [0.05, 0.1) is 7.11 Å². The minimum atomic E-state index is -0.831. The summed E-state index contributed by atoms with van der Waals surface area (Å²) in [6.45, 7) is 1.90. The standard InChI is InChI=1S/C13H15BrN2O3/c1-8-7-9(14)3-4-10(8)15-12(18)16-13(5-6-13)11(17)19-2/h3-4,7H,5-6H2,1-2H3,(H2,15,16,18). The lowest BCUT2D eigenvalue weighted by Crippen LogP contribution is -2.45. The molecule has 0 aromatic heterocycles. The Morgan fingerprint density at radius 1 is 1.37 bits per heavy atom. The molecule has 102 valence electrons. The van der Waals surface area contributed by atoms with Crippen molar-refractivity contribution in [3.8, 4) is 0 Å². The van der Waals surface area contributed by atoms with Crippen molar-refractivity contribution in [2.24, 2.45) is 0 Å². The average molecular weight is 327 g/mol. The van der Waals surface area contributed by atoms with E-state index in [1.165, 1.54) is 7.11 Å². The topological polar surface area (TPSA) is 67.4 Å². The lowest BCUT2D eigenvalue weighted by atomic mass is 10.2. The van der Waals surface area contributed by atoms with Crippen molar-refractivity contribution in [3.63, 3.8) is 0 Å². The molecule has 0 unspecified atom stereocenters. The van der Waals surface area contributed by atoms with Crippen LogP contribution in [0.3, 0.4) is 0 Å². The van der Waals surface area contributed by atoms with Gasteiger partial charge in [0.25, 0.3) is 0 Å². The molecule has 1 aliphatic rings. The van der Waals surface area contributed by atoms with E-state index in [1.807, 2.05) is 19.1 Å². The van der Waals surface area contributed by atoms with Crippen LogP contribution < -0.4 is 10.6 Å². The normalized spacial score (nSPS) is 15.5. The molecule has 1 aliphatic carbocycles. The predicted octanol–water partition coefficient (Wildman–Crippen LogP) is 2.58. The van der Waals surface area contributed by atoms with E-state index in [-0.39, 0.29) is 0 Å². The van der Waals surface area contributed by atoms with Crippen LogP contribution in [0.25, 0.3) is 0 Å². The molecular weight excluding hydrogens is 312 g/mol. The SMILES string of the molecule is COC(=O)C1(NC(=O)Nc2ccc(Br)cc2C)CC1. The van der Waals surface area contributed by atoms with Crippen molar-refractivity contribution in [1.82, 2.24) is 5.32 Å². The summed E-state index contributed by atoms with van der Waals surface area (Å²) in [7, 11) is 1.32. The third-order valence-electron chi connectivity index (χ3n) is 3.12. The van der Waals surface area contributed by atoms with Crippen molar-refractivity contribution < 1.29 is 14.3 Å². The Morgan fingerprint density at radius 2 is 2.05 bits per heavy atom. The number of rotatable bonds is 3. The monoisotopic (exact) mass is 326 g/mol. The molecule has 2 amide bonds. The van der Waals surface area contributed by atoms with Crippen LogP contribution in [0.15, 0.2) is 22.7 Å². The molecule has 6 heteroatoms. The van der Waals surface area contributed by atoms with Gasteiger partial charge in [-0.25, -0.2) is 9.59 Å². The van der Waals surface area contributed by atoms with Gasteiger partial charge in [-0.1, -0.05) is 15.9 Å². The van der Waals surface area contributed by atoms with Gasteiger partial charge in [0.15, 0.2) is 0 Å². The summed E-state index contributed by atoms with van der Waals surface area (Å²) in [6, 6.07) is 5.16. The second-order valence-corrected chi connectivity index (χ2v) is 5.53. The number of methoxy groups -OCH3 is 1. The van der Waals surface area contributed by atoms with Gasteiger partial charge in [0.1, 0.15) is 5.54 Å². The van der Waals surface area contributed by atoms with Crippen LogP contribution in [0.5, 0.6) is 0 Å². The van der Waals surface area contributed by atoms with Gasteiger partial charge in [-0.3, -0.25) is 0 Å². The fraction of sp³-hybridized carbons (Fsp3) is 0.385. The highest BCUT2D eigenvalue weighted by atomic mass is 79.9. The Balaban J connectivity index is 2.00. The van der Waals surface area contributed by atoms with E-state index in [4.69, 9.17) is 0 Å².